The van der Waals surface area contributed by atoms with Crippen molar-refractivity contribution in [3.05, 3.63) is 53.1 Å². The second-order valence-electron chi connectivity index (χ2n) is 7.59. The number of nitrogens with one attached hydrogen (secondary N) is 1. The van der Waals surface area contributed by atoms with E-state index in [1.807, 2.05) is 13.0 Å². The first-order valence-electron chi connectivity index (χ1n) is 10.2. The fraction of sp³-hybridized carbons (Fsp3) is 0.500. The largest absolute Gasteiger partial charge is 0.384 e. The van der Waals surface area contributed by atoms with Gasteiger partial charge in [-0.15, -0.1) is 10.2 Å². The molecule has 1 aliphatic heterocycles. The van der Waals surface area contributed by atoms with Gasteiger partial charge in [-0.3, -0.25) is 9.69 Å². The Morgan fingerprint density at radius 2 is 2.03 bits per heavy atom. The summed E-state index contributed by atoms with van der Waals surface area (Å²) in [6, 6.07) is 10.2. The second kappa shape index (κ2) is 10.3. The number of rotatable bonds is 8. The fourth-order valence-electron chi connectivity index (χ4n) is 3.67. The Balaban J connectivity index is 1.59. The molecule has 2 aromatic rings. The van der Waals surface area contributed by atoms with Crippen LogP contribution in [-0.2, 0) is 22.5 Å². The van der Waals surface area contributed by atoms with Crippen molar-refractivity contribution in [2.24, 2.45) is 0 Å². The van der Waals surface area contributed by atoms with Crippen molar-refractivity contribution in [3.8, 4) is 0 Å². The predicted molar refractivity (Wildman–Crippen MR) is 113 cm³/mol. The van der Waals surface area contributed by atoms with Crippen molar-refractivity contribution >= 4 is 12.0 Å². The van der Waals surface area contributed by atoms with Gasteiger partial charge in [-0.2, -0.15) is 0 Å². The topological polar surface area (TPSA) is 72.3 Å². The molecule has 0 saturated heterocycles. The number of hydrogen-bond donors (Lipinski definition) is 1. The van der Waals surface area contributed by atoms with Gasteiger partial charge in [-0.05, 0) is 19.4 Å². The minimum atomic E-state index is -0.174. The van der Waals surface area contributed by atoms with Crippen molar-refractivity contribution in [3.63, 3.8) is 0 Å². The molecule has 0 bridgehead atoms. The van der Waals surface area contributed by atoms with E-state index in [9.17, 15) is 4.79 Å². The van der Waals surface area contributed by atoms with E-state index in [-0.39, 0.29) is 11.9 Å². The number of amides is 1. The summed E-state index contributed by atoms with van der Waals surface area (Å²) in [7, 11) is 1.59. The van der Waals surface area contributed by atoms with Gasteiger partial charge in [0.2, 0.25) is 5.91 Å². The van der Waals surface area contributed by atoms with E-state index in [0.717, 1.165) is 44.2 Å². The van der Waals surface area contributed by atoms with Gasteiger partial charge < -0.3 is 14.6 Å². The molecule has 0 radical (unpaired) electrons. The summed E-state index contributed by atoms with van der Waals surface area (Å²) in [4.78, 5) is 14.5. The van der Waals surface area contributed by atoms with E-state index in [0.29, 0.717) is 13.0 Å². The molecule has 3 rings (SSSR count). The summed E-state index contributed by atoms with van der Waals surface area (Å²) < 4.78 is 7.13. The van der Waals surface area contributed by atoms with Gasteiger partial charge in [0.25, 0.3) is 0 Å². The van der Waals surface area contributed by atoms with Crippen LogP contribution in [0.2, 0.25) is 0 Å². The van der Waals surface area contributed by atoms with Gasteiger partial charge in [-0.25, -0.2) is 0 Å². The van der Waals surface area contributed by atoms with Crippen LogP contribution in [0.5, 0.6) is 0 Å². The summed E-state index contributed by atoms with van der Waals surface area (Å²) in [6.45, 7) is 8.20. The molecule has 7 heteroatoms. The van der Waals surface area contributed by atoms with Gasteiger partial charge in [0.15, 0.2) is 5.82 Å². The number of aromatic nitrogens is 3. The second-order valence-corrected chi connectivity index (χ2v) is 7.59. The molecule has 0 saturated carbocycles. The normalized spacial score (nSPS) is 16.2. The van der Waals surface area contributed by atoms with E-state index in [2.05, 4.69) is 62.2 Å². The smallest absolute Gasteiger partial charge is 0.222 e. The van der Waals surface area contributed by atoms with Crippen molar-refractivity contribution in [1.29, 1.82) is 0 Å². The number of ether oxygens (including phenoxy) is 1. The highest BCUT2D eigenvalue weighted by molar-refractivity contribution is 5.76. The molecule has 0 spiro atoms. The van der Waals surface area contributed by atoms with Gasteiger partial charge >= 0.3 is 0 Å². The van der Waals surface area contributed by atoms with Crippen LogP contribution >= 0.6 is 0 Å². The van der Waals surface area contributed by atoms with Crippen molar-refractivity contribution in [2.75, 3.05) is 33.4 Å². The molecule has 1 aromatic heterocycles. The first kappa shape index (κ1) is 21.2. The fourth-order valence-corrected chi connectivity index (χ4v) is 3.67. The van der Waals surface area contributed by atoms with E-state index in [1.54, 1.807) is 7.11 Å². The Labute approximate surface area is 172 Å². The van der Waals surface area contributed by atoms with Crippen LogP contribution in [0.15, 0.2) is 35.9 Å². The van der Waals surface area contributed by atoms with E-state index in [4.69, 9.17) is 4.74 Å². The Hall–Kier alpha value is -2.51. The third kappa shape index (κ3) is 5.98. The van der Waals surface area contributed by atoms with Crippen LogP contribution in [0.25, 0.3) is 6.08 Å². The first-order chi connectivity index (χ1) is 14.1. The molecule has 1 N–H and O–H groups in total. The lowest BCUT2D eigenvalue weighted by Gasteiger charge is -2.20. The monoisotopic (exact) mass is 397 g/mol. The van der Waals surface area contributed by atoms with Crippen molar-refractivity contribution in [1.82, 2.24) is 25.0 Å². The van der Waals surface area contributed by atoms with Crippen LogP contribution in [0.1, 0.15) is 43.5 Å². The Kier molecular flexibility index (Phi) is 7.55. The molecule has 1 amide bonds. The van der Waals surface area contributed by atoms with Crippen LogP contribution in [0.3, 0.4) is 0 Å². The minimum absolute atomic E-state index is 0.0337. The molecule has 0 unspecified atom stereocenters. The molecule has 7 nitrogen and oxygen atoms in total. The number of fused-ring (bicyclic) bond motifs is 1. The van der Waals surface area contributed by atoms with Gasteiger partial charge in [0, 0.05) is 46.1 Å². The number of carbonyl (C=O) groups is 1. The van der Waals surface area contributed by atoms with Gasteiger partial charge in [0.05, 0.1) is 12.6 Å². The van der Waals surface area contributed by atoms with Crippen molar-refractivity contribution in [2.45, 2.75) is 39.3 Å². The van der Waals surface area contributed by atoms with E-state index >= 15 is 0 Å². The predicted octanol–water partition coefficient (Wildman–Crippen LogP) is 2.45. The zero-order valence-electron chi connectivity index (χ0n) is 17.6. The lowest BCUT2D eigenvalue weighted by atomic mass is 10.1. The molecule has 1 aromatic carbocycles. The molecule has 0 fully saturated rings. The Bertz CT molecular complexity index is 831. The maximum absolute atomic E-state index is 12.0. The summed E-state index contributed by atoms with van der Waals surface area (Å²) in [5.41, 5.74) is 2.57. The maximum atomic E-state index is 12.0. The van der Waals surface area contributed by atoms with Crippen LogP contribution in [0.4, 0.5) is 0 Å². The molecular weight excluding hydrogens is 366 g/mol. The first-order valence-corrected chi connectivity index (χ1v) is 10.2. The molecule has 2 heterocycles. The van der Waals surface area contributed by atoms with E-state index in [1.165, 1.54) is 11.1 Å². The average Bonchev–Trinajstić information content (AvgIpc) is 3.02. The van der Waals surface area contributed by atoms with Crippen LogP contribution < -0.4 is 5.32 Å². The average molecular weight is 398 g/mol. The molecule has 0 aliphatic carbocycles. The highest BCUT2D eigenvalue weighted by Gasteiger charge is 2.22. The molecule has 156 valence electrons. The third-order valence-electron chi connectivity index (χ3n) is 5.13. The number of nitrogens with zero attached hydrogens (tertiary/aromatic N) is 4. The summed E-state index contributed by atoms with van der Waals surface area (Å²) in [5.74, 6) is 1.78. The number of benzene rings is 1. The standard InChI is InChI=1S/C22H31N5O2/c1-17(15-19-7-5-4-6-8-19)16-26-11-9-20-24-25-22(27(20)13-12-26)18(2)23-21(28)10-14-29-3/h4-8,15,18H,9-14,16H2,1-3H3,(H,23,28)/b17-15+/t18-/m0/s1. The Morgan fingerprint density at radius 3 is 2.79 bits per heavy atom. The lowest BCUT2D eigenvalue weighted by molar-refractivity contribution is -0.122. The van der Waals surface area contributed by atoms with Crippen molar-refractivity contribution < 1.29 is 9.53 Å². The molecule has 29 heavy (non-hydrogen) atoms. The zero-order chi connectivity index (χ0) is 20.6. The lowest BCUT2D eigenvalue weighted by Crippen LogP contribution is -2.31. The SMILES string of the molecule is COCCC(=O)N[C@@H](C)c1nnc2n1CCN(C/C(C)=C/c1ccccc1)CC2. The molecule has 1 aliphatic rings. The zero-order valence-corrected chi connectivity index (χ0v) is 17.6. The highest BCUT2D eigenvalue weighted by Crippen LogP contribution is 2.17. The van der Waals surface area contributed by atoms with Crippen LogP contribution in [-0.4, -0.2) is 58.9 Å². The number of hydrogen-bond acceptors (Lipinski definition) is 5. The Morgan fingerprint density at radius 1 is 1.24 bits per heavy atom. The van der Waals surface area contributed by atoms with Gasteiger partial charge in [-0.1, -0.05) is 42.0 Å². The van der Waals surface area contributed by atoms with Gasteiger partial charge in [0.1, 0.15) is 5.82 Å². The quantitative estimate of drug-likeness (QED) is 0.741. The molecule has 1 atom stereocenters. The minimum Gasteiger partial charge on any atom is -0.384 e. The maximum Gasteiger partial charge on any atom is 0.222 e. The number of carbonyl (C=O) groups excluding carboxylic acids is 1. The van der Waals surface area contributed by atoms with Crippen LogP contribution in [0, 0.1) is 0 Å². The summed E-state index contributed by atoms with van der Waals surface area (Å²) in [5, 5.41) is 11.7. The summed E-state index contributed by atoms with van der Waals surface area (Å²) in [6.07, 6.45) is 3.45. The number of methoxy groups -OCH3 is 1. The summed E-state index contributed by atoms with van der Waals surface area (Å²) >= 11 is 0. The highest BCUT2D eigenvalue weighted by atomic mass is 16.5. The third-order valence-corrected chi connectivity index (χ3v) is 5.13. The van der Waals surface area contributed by atoms with E-state index < -0.39 is 0 Å². The molecular formula is C22H31N5O2.